The Morgan fingerprint density at radius 1 is 1.47 bits per heavy atom. The average Bonchev–Trinajstić information content (AvgIpc) is 2.90. The van der Waals surface area contributed by atoms with E-state index in [-0.39, 0.29) is 17.6 Å². The summed E-state index contributed by atoms with van der Waals surface area (Å²) in [6.45, 7) is 0. The van der Waals surface area contributed by atoms with Crippen LogP contribution in [0.5, 0.6) is 11.5 Å². The number of phenolic OH excluding ortho intramolecular Hbond substituents is 1. The van der Waals surface area contributed by atoms with E-state index in [1.165, 1.54) is 13.2 Å². The quantitative estimate of drug-likeness (QED) is 0.764. The maximum Gasteiger partial charge on any atom is 0.225 e. The molecule has 3 rings (SSSR count). The second kappa shape index (κ2) is 4.31. The Morgan fingerprint density at radius 2 is 2.32 bits per heavy atom. The second-order valence-electron chi connectivity index (χ2n) is 4.45. The molecule has 98 valence electrons. The van der Waals surface area contributed by atoms with Gasteiger partial charge in [-0.1, -0.05) is 0 Å². The van der Waals surface area contributed by atoms with Crippen molar-refractivity contribution in [1.29, 1.82) is 0 Å². The summed E-state index contributed by atoms with van der Waals surface area (Å²) in [4.78, 5) is 11.7. The normalized spacial score (nSPS) is 17.7. The van der Waals surface area contributed by atoms with Crippen molar-refractivity contribution in [1.82, 2.24) is 10.2 Å². The number of aromatic nitrogens is 2. The van der Waals surface area contributed by atoms with E-state index in [0.717, 1.165) is 11.1 Å². The zero-order chi connectivity index (χ0) is 13.4. The maximum absolute atomic E-state index is 11.7. The van der Waals surface area contributed by atoms with Gasteiger partial charge in [0.1, 0.15) is 0 Å². The molecule has 1 unspecified atom stereocenters. The van der Waals surface area contributed by atoms with Crippen molar-refractivity contribution in [3.05, 3.63) is 35.7 Å². The molecule has 0 spiro atoms. The van der Waals surface area contributed by atoms with E-state index >= 15 is 0 Å². The van der Waals surface area contributed by atoms with E-state index < -0.39 is 0 Å². The van der Waals surface area contributed by atoms with Crippen LogP contribution in [-0.2, 0) is 4.79 Å². The van der Waals surface area contributed by atoms with Gasteiger partial charge in [-0.05, 0) is 17.2 Å². The molecule has 1 aromatic heterocycles. The lowest BCUT2D eigenvalue weighted by Gasteiger charge is -2.25. The van der Waals surface area contributed by atoms with Crippen LogP contribution in [0.2, 0.25) is 0 Å². The predicted octanol–water partition coefficient (Wildman–Crippen LogP) is 1.60. The van der Waals surface area contributed by atoms with Crippen molar-refractivity contribution in [2.45, 2.75) is 12.3 Å². The van der Waals surface area contributed by atoms with E-state index in [9.17, 15) is 9.90 Å². The predicted molar refractivity (Wildman–Crippen MR) is 68.3 cm³/mol. The van der Waals surface area contributed by atoms with Gasteiger partial charge in [-0.15, -0.1) is 0 Å². The fraction of sp³-hybridized carbons (Fsp3) is 0.231. The molecule has 2 aromatic rings. The summed E-state index contributed by atoms with van der Waals surface area (Å²) >= 11 is 0. The van der Waals surface area contributed by atoms with Crippen LogP contribution in [0.1, 0.15) is 23.5 Å². The van der Waals surface area contributed by atoms with Gasteiger partial charge < -0.3 is 15.2 Å². The van der Waals surface area contributed by atoms with Crippen LogP contribution in [0.25, 0.3) is 0 Å². The lowest BCUT2D eigenvalue weighted by atomic mass is 9.86. The van der Waals surface area contributed by atoms with Crippen LogP contribution in [0.4, 0.5) is 5.69 Å². The van der Waals surface area contributed by atoms with E-state index in [4.69, 9.17) is 4.74 Å². The number of benzene rings is 1. The molecule has 1 aliphatic rings. The van der Waals surface area contributed by atoms with Gasteiger partial charge in [0.2, 0.25) is 5.91 Å². The van der Waals surface area contributed by atoms with Crippen LogP contribution in [-0.4, -0.2) is 28.3 Å². The Kier molecular flexibility index (Phi) is 2.63. The summed E-state index contributed by atoms with van der Waals surface area (Å²) < 4.78 is 5.12. The number of amides is 1. The highest BCUT2D eigenvalue weighted by Gasteiger charge is 2.28. The summed E-state index contributed by atoms with van der Waals surface area (Å²) in [6, 6.07) is 3.26. The minimum atomic E-state index is -0.0861. The molecule has 2 heterocycles. The fourth-order valence-corrected chi connectivity index (χ4v) is 2.39. The third-order valence-corrected chi connectivity index (χ3v) is 3.31. The lowest BCUT2D eigenvalue weighted by molar-refractivity contribution is -0.116. The molecule has 0 aliphatic carbocycles. The van der Waals surface area contributed by atoms with Gasteiger partial charge in [0.25, 0.3) is 0 Å². The van der Waals surface area contributed by atoms with Gasteiger partial charge >= 0.3 is 0 Å². The number of nitrogens with zero attached hydrogens (tertiary/aromatic N) is 1. The molecule has 1 atom stereocenters. The molecule has 19 heavy (non-hydrogen) atoms. The molecule has 0 saturated heterocycles. The zero-order valence-electron chi connectivity index (χ0n) is 10.3. The first-order valence-corrected chi connectivity index (χ1v) is 5.88. The maximum atomic E-state index is 11.7. The molecule has 1 aliphatic heterocycles. The standard InChI is InChI=1S/C13H13N3O3/c1-19-12-2-9-8(7-5-14-15-6-7)3-13(18)16-10(9)4-11(12)17/h2,4-6,8,17H,3H2,1H3,(H,14,15)(H,16,18). The first kappa shape index (κ1) is 11.6. The van der Waals surface area contributed by atoms with Crippen LogP contribution < -0.4 is 10.1 Å². The molecule has 6 nitrogen and oxygen atoms in total. The van der Waals surface area contributed by atoms with Crippen LogP contribution in [0.15, 0.2) is 24.5 Å². The van der Waals surface area contributed by atoms with Crippen LogP contribution in [0, 0.1) is 0 Å². The molecule has 0 saturated carbocycles. The summed E-state index contributed by atoms with van der Waals surface area (Å²) in [5, 5.41) is 19.2. The third kappa shape index (κ3) is 1.91. The summed E-state index contributed by atoms with van der Waals surface area (Å²) in [5.74, 6) is 0.234. The average molecular weight is 259 g/mol. The van der Waals surface area contributed by atoms with Crippen molar-refractivity contribution in [3.63, 3.8) is 0 Å². The van der Waals surface area contributed by atoms with Gasteiger partial charge in [0.05, 0.1) is 13.3 Å². The number of hydrogen-bond donors (Lipinski definition) is 3. The van der Waals surface area contributed by atoms with Gasteiger partial charge in [0.15, 0.2) is 11.5 Å². The highest BCUT2D eigenvalue weighted by atomic mass is 16.5. The number of carbonyl (C=O) groups excluding carboxylic acids is 1. The molecular weight excluding hydrogens is 246 g/mol. The van der Waals surface area contributed by atoms with E-state index in [2.05, 4.69) is 15.5 Å². The zero-order valence-corrected chi connectivity index (χ0v) is 10.3. The van der Waals surface area contributed by atoms with Crippen molar-refractivity contribution in [2.24, 2.45) is 0 Å². The van der Waals surface area contributed by atoms with Gasteiger partial charge in [-0.2, -0.15) is 5.10 Å². The molecule has 6 heteroatoms. The summed E-state index contributed by atoms with van der Waals surface area (Å²) in [5.41, 5.74) is 2.46. The fourth-order valence-electron chi connectivity index (χ4n) is 2.39. The topological polar surface area (TPSA) is 87.2 Å². The smallest absolute Gasteiger partial charge is 0.225 e. The first-order valence-electron chi connectivity index (χ1n) is 5.88. The number of methoxy groups -OCH3 is 1. The number of hydrogen-bond acceptors (Lipinski definition) is 4. The minimum Gasteiger partial charge on any atom is -0.504 e. The minimum absolute atomic E-state index is 0.00870. The SMILES string of the molecule is COc1cc2c(cc1O)NC(=O)CC2c1cn[nH]c1. The monoisotopic (exact) mass is 259 g/mol. The molecule has 0 radical (unpaired) electrons. The molecular formula is C13H13N3O3. The number of phenols is 1. The van der Waals surface area contributed by atoms with Crippen molar-refractivity contribution in [2.75, 3.05) is 12.4 Å². The van der Waals surface area contributed by atoms with Gasteiger partial charge in [-0.3, -0.25) is 9.89 Å². The first-order chi connectivity index (χ1) is 9.19. The Morgan fingerprint density at radius 3 is 3.00 bits per heavy atom. The molecule has 3 N–H and O–H groups in total. The molecule has 0 fully saturated rings. The molecule has 1 aromatic carbocycles. The highest BCUT2D eigenvalue weighted by Crippen LogP contribution is 2.42. The molecule has 0 bridgehead atoms. The Labute approximate surface area is 109 Å². The Hall–Kier alpha value is -2.50. The summed E-state index contributed by atoms with van der Waals surface area (Å²) in [7, 11) is 1.50. The highest BCUT2D eigenvalue weighted by molar-refractivity contribution is 5.95. The number of fused-ring (bicyclic) bond motifs is 1. The van der Waals surface area contributed by atoms with E-state index in [1.807, 2.05) is 0 Å². The van der Waals surface area contributed by atoms with Crippen LogP contribution in [0.3, 0.4) is 0 Å². The largest absolute Gasteiger partial charge is 0.504 e. The number of carbonyl (C=O) groups is 1. The number of rotatable bonds is 2. The number of nitrogens with one attached hydrogen (secondary N) is 2. The Bertz CT molecular complexity index is 622. The van der Waals surface area contributed by atoms with Crippen molar-refractivity contribution < 1.29 is 14.6 Å². The number of anilines is 1. The lowest BCUT2D eigenvalue weighted by Crippen LogP contribution is -2.23. The summed E-state index contributed by atoms with van der Waals surface area (Å²) in [6.07, 6.45) is 3.82. The van der Waals surface area contributed by atoms with Crippen LogP contribution >= 0.6 is 0 Å². The number of ether oxygens (including phenoxy) is 1. The van der Waals surface area contributed by atoms with Crippen molar-refractivity contribution >= 4 is 11.6 Å². The second-order valence-corrected chi connectivity index (χ2v) is 4.45. The number of aromatic amines is 1. The third-order valence-electron chi connectivity index (χ3n) is 3.31. The van der Waals surface area contributed by atoms with Crippen molar-refractivity contribution in [3.8, 4) is 11.5 Å². The Balaban J connectivity index is 2.14. The van der Waals surface area contributed by atoms with E-state index in [1.54, 1.807) is 18.5 Å². The number of aromatic hydroxyl groups is 1. The number of H-pyrrole nitrogens is 1. The molecule has 1 amide bonds. The van der Waals surface area contributed by atoms with E-state index in [0.29, 0.717) is 17.9 Å². The van der Waals surface area contributed by atoms with Gasteiger partial charge in [-0.25, -0.2) is 0 Å². The van der Waals surface area contributed by atoms with Gasteiger partial charge in [0, 0.05) is 30.3 Å².